The number of nitrogens with zero attached hydrogens (tertiary/aromatic N) is 4. The van der Waals surface area contributed by atoms with Crippen LogP contribution in [0.4, 0.5) is 85.8 Å². The molecule has 0 radical (unpaired) electrons. The first-order valence-electron chi connectivity index (χ1n) is 50.7. The van der Waals surface area contributed by atoms with E-state index in [0.29, 0.717) is 22.7 Å². The van der Waals surface area contributed by atoms with Gasteiger partial charge in [0.2, 0.25) is 0 Å². The van der Waals surface area contributed by atoms with Gasteiger partial charge in [-0.05, 0) is 383 Å². The minimum atomic E-state index is -0.324. The zero-order chi connectivity index (χ0) is 102. The molecule has 148 heavy (non-hydrogen) atoms. The fraction of sp³-hybridized carbons (Fsp3) is 0.0857. The number of rotatable bonds is 20. The third-order valence-corrected chi connectivity index (χ3v) is 29.4. The number of hydrogen-bond donors (Lipinski definition) is 0. The van der Waals surface area contributed by atoms with Crippen LogP contribution in [0.15, 0.2) is 437 Å². The van der Waals surface area contributed by atoms with Crippen LogP contribution in [0.5, 0.6) is 0 Å². The Morgan fingerprint density at radius 3 is 0.480 bits per heavy atom. The molecule has 24 rings (SSSR count). The molecule has 0 saturated carbocycles. The van der Waals surface area contributed by atoms with Gasteiger partial charge in [0.05, 0.1) is 45.5 Å². The largest absolute Gasteiger partial charge is 0.307 e. The lowest BCUT2D eigenvalue weighted by Gasteiger charge is -2.30. The van der Waals surface area contributed by atoms with Gasteiger partial charge in [-0.1, -0.05) is 336 Å². The molecule has 0 N–H and O–H groups in total. The quantitative estimate of drug-likeness (QED) is 0.0557. The second kappa shape index (κ2) is 38.8. The Balaban J connectivity index is 0.000000163. The van der Waals surface area contributed by atoms with Gasteiger partial charge in [-0.15, -0.1) is 0 Å². The Bertz CT molecular complexity index is 8440. The number of halogens is 4. The molecule has 0 atom stereocenters. The zero-order valence-electron chi connectivity index (χ0n) is 84.9. The maximum atomic E-state index is 17.0. The van der Waals surface area contributed by atoms with Crippen LogP contribution < -0.4 is 19.6 Å². The van der Waals surface area contributed by atoms with E-state index < -0.39 is 0 Å². The monoisotopic (exact) mass is 1920 g/mol. The highest BCUT2D eigenvalue weighted by Gasteiger charge is 2.31. The van der Waals surface area contributed by atoms with Crippen molar-refractivity contribution >= 4 is 133 Å². The molecule has 24 aromatic carbocycles. The van der Waals surface area contributed by atoms with Crippen molar-refractivity contribution in [2.75, 3.05) is 19.6 Å². The molecule has 8 heteroatoms. The predicted octanol–water partition coefficient (Wildman–Crippen LogP) is 40.6. The molecule has 0 unspecified atom stereocenters. The first-order chi connectivity index (χ1) is 71.8. The number of benzene rings is 24. The standard InChI is InChI=1S/2C70H54F2N2/c1-43-7-17-49(18-8-43)55-37-56(50-19-9-44(2)10-20-50)40-59(39-55)73(67-31-15-47(5)35-63(67)71)65-33-27-53-26-30-62-66(34-28-54-25-29-61(65)69(53)70(54)62)74(68-32-16-48(6)36-64(68)72)60-41-57(51-21-11-45(3)12-22-51)38-58(42-60)52-23-13-46(4)14-24-52;1-43-7-17-49(18-8-43)55-37-56(50-19-9-44(2)10-20-50)40-59(39-55)73(67-35-47(5)15-31-63(67)71)65-33-27-53-26-30-62-66(34-28-54-25-29-61(65)69(53)70(54)62)74(68-36-48(6)16-32-64(68)72)60-41-57(51-21-11-45(3)12-22-51)38-58(42-60)52-23-13-46(4)14-24-52/h2*7-42H,1-6H3. The van der Waals surface area contributed by atoms with Crippen molar-refractivity contribution in [2.24, 2.45) is 0 Å². The van der Waals surface area contributed by atoms with Crippen molar-refractivity contribution in [1.29, 1.82) is 0 Å². The average Bonchev–Trinajstić information content (AvgIpc) is 0.718. The maximum absolute atomic E-state index is 17.0. The topological polar surface area (TPSA) is 13.0 Å². The van der Waals surface area contributed by atoms with E-state index in [4.69, 9.17) is 0 Å². The van der Waals surface area contributed by atoms with Gasteiger partial charge >= 0.3 is 0 Å². The molecule has 0 aliphatic carbocycles. The van der Waals surface area contributed by atoms with E-state index in [9.17, 15) is 0 Å². The second-order valence-electron chi connectivity index (χ2n) is 40.3. The Hall–Kier alpha value is -17.7. The summed E-state index contributed by atoms with van der Waals surface area (Å²) >= 11 is 0. The number of hydrogen-bond acceptors (Lipinski definition) is 4. The Morgan fingerprint density at radius 1 is 0.122 bits per heavy atom. The van der Waals surface area contributed by atoms with Crippen LogP contribution in [0, 0.1) is 106 Å². The molecule has 0 bridgehead atoms. The SMILES string of the molecule is Cc1ccc(-c2cc(-c3ccc(C)cc3)cc(N(c3cc(C)ccc3F)c3ccc4ccc5c(N(c6cc(-c7ccc(C)cc7)cc(-c7ccc(C)cc7)c6)c6cc(C)ccc6F)ccc6ccc3c4c65)c2)cc1.Cc1ccc(-c2cc(-c3ccc(C)cc3)cc(N(c3ccc(C)cc3F)c3ccc4ccc5c(N(c6cc(-c7ccc(C)cc7)cc(-c7ccc(C)cc7)c6)c6ccc(C)cc6F)ccc6ccc3c4c65)c2)cc1. The first-order valence-corrected chi connectivity index (χ1v) is 50.7. The molecule has 0 saturated heterocycles. The van der Waals surface area contributed by atoms with Crippen LogP contribution >= 0.6 is 0 Å². The Morgan fingerprint density at radius 2 is 0.284 bits per heavy atom. The summed E-state index contributed by atoms with van der Waals surface area (Å²) in [6.07, 6.45) is 0. The lowest BCUT2D eigenvalue weighted by atomic mass is 9.91. The molecule has 0 aromatic heterocycles. The van der Waals surface area contributed by atoms with E-state index in [1.165, 1.54) is 44.5 Å². The Labute approximate surface area is 863 Å². The third-order valence-electron chi connectivity index (χ3n) is 29.4. The van der Waals surface area contributed by atoms with E-state index in [1.54, 1.807) is 24.3 Å². The van der Waals surface area contributed by atoms with Crippen LogP contribution in [0.1, 0.15) is 66.8 Å². The fourth-order valence-corrected chi connectivity index (χ4v) is 21.4. The van der Waals surface area contributed by atoms with Gasteiger partial charge in [0.25, 0.3) is 0 Å². The summed E-state index contributed by atoms with van der Waals surface area (Å²) in [6, 6.07) is 151. The van der Waals surface area contributed by atoms with Crippen molar-refractivity contribution in [3.63, 3.8) is 0 Å². The minimum absolute atomic E-state index is 0.316. The summed E-state index contributed by atoms with van der Waals surface area (Å²) in [4.78, 5) is 8.38. The molecule has 0 heterocycles. The molecule has 24 aromatic rings. The number of aryl methyl sites for hydroxylation is 12. The van der Waals surface area contributed by atoms with Gasteiger partial charge in [0.15, 0.2) is 0 Å². The lowest BCUT2D eigenvalue weighted by molar-refractivity contribution is 0.627. The van der Waals surface area contributed by atoms with Gasteiger partial charge < -0.3 is 19.6 Å². The van der Waals surface area contributed by atoms with E-state index in [1.807, 2.05) is 76.2 Å². The zero-order valence-corrected chi connectivity index (χ0v) is 84.9. The van der Waals surface area contributed by atoms with Crippen LogP contribution in [0.2, 0.25) is 0 Å². The Kier molecular flexibility index (Phi) is 24.6. The molecule has 4 nitrogen and oxygen atoms in total. The smallest absolute Gasteiger partial charge is 0.147 e. The molecule has 0 aliphatic heterocycles. The molecule has 0 aliphatic rings. The van der Waals surface area contributed by atoms with Crippen LogP contribution in [0.3, 0.4) is 0 Å². The molecular weight excluding hydrogens is 1810 g/mol. The summed E-state index contributed by atoms with van der Waals surface area (Å²) in [5.41, 5.74) is 38.3. The lowest BCUT2D eigenvalue weighted by Crippen LogP contribution is -2.14. The normalized spacial score (nSPS) is 11.5. The molecular formula is C140H108F4N4. The summed E-state index contributed by atoms with van der Waals surface area (Å²) < 4.78 is 67.7. The summed E-state index contributed by atoms with van der Waals surface area (Å²) in [6.45, 7) is 24.7. The molecule has 0 fully saturated rings. The van der Waals surface area contributed by atoms with Gasteiger partial charge in [0, 0.05) is 44.3 Å². The average molecular weight is 1920 g/mol. The van der Waals surface area contributed by atoms with Crippen molar-refractivity contribution in [1.82, 2.24) is 0 Å². The maximum Gasteiger partial charge on any atom is 0.147 e. The highest BCUT2D eigenvalue weighted by atomic mass is 19.1. The van der Waals surface area contributed by atoms with Gasteiger partial charge in [-0.3, -0.25) is 0 Å². The van der Waals surface area contributed by atoms with Gasteiger partial charge in [-0.2, -0.15) is 0 Å². The van der Waals surface area contributed by atoms with Crippen molar-refractivity contribution in [2.45, 2.75) is 83.1 Å². The summed E-state index contributed by atoms with van der Waals surface area (Å²) in [5, 5.41) is 12.2. The molecule has 0 spiro atoms. The second-order valence-corrected chi connectivity index (χ2v) is 40.3. The summed E-state index contributed by atoms with van der Waals surface area (Å²) in [5.74, 6) is -1.28. The minimum Gasteiger partial charge on any atom is -0.307 e. The first kappa shape index (κ1) is 93.9. The fourth-order valence-electron chi connectivity index (χ4n) is 21.4. The van der Waals surface area contributed by atoms with Crippen LogP contribution in [-0.2, 0) is 0 Å². The third kappa shape index (κ3) is 18.2. The molecule has 0 amide bonds. The molecule has 716 valence electrons. The van der Waals surface area contributed by atoms with Crippen molar-refractivity contribution in [3.05, 3.63) is 527 Å². The van der Waals surface area contributed by atoms with Gasteiger partial charge in [0.1, 0.15) is 23.3 Å². The van der Waals surface area contributed by atoms with Gasteiger partial charge in [-0.25, -0.2) is 17.6 Å². The predicted molar refractivity (Wildman–Crippen MR) is 619 cm³/mol. The van der Waals surface area contributed by atoms with E-state index in [2.05, 4.69) is 439 Å². The highest BCUT2D eigenvalue weighted by Crippen LogP contribution is 2.55. The van der Waals surface area contributed by atoms with Crippen LogP contribution in [0.25, 0.3) is 154 Å². The van der Waals surface area contributed by atoms with Crippen molar-refractivity contribution < 1.29 is 17.6 Å². The van der Waals surface area contributed by atoms with E-state index in [0.717, 1.165) is 221 Å². The number of anilines is 12. The van der Waals surface area contributed by atoms with Crippen LogP contribution in [-0.4, -0.2) is 0 Å². The van der Waals surface area contributed by atoms with E-state index in [-0.39, 0.29) is 23.3 Å². The highest BCUT2D eigenvalue weighted by molar-refractivity contribution is 6.30. The van der Waals surface area contributed by atoms with E-state index >= 15 is 17.6 Å². The summed E-state index contributed by atoms with van der Waals surface area (Å²) in [7, 11) is 0. The van der Waals surface area contributed by atoms with Crippen molar-refractivity contribution in [3.8, 4) is 89.0 Å².